The zero-order chi connectivity index (χ0) is 26.0. The summed E-state index contributed by atoms with van der Waals surface area (Å²) in [5, 5.41) is 15.8. The van der Waals surface area contributed by atoms with E-state index in [9.17, 15) is 9.90 Å². The maximum atomic E-state index is 13.1. The third-order valence-electron chi connectivity index (χ3n) is 6.28. The normalized spacial score (nSPS) is 11.9. The van der Waals surface area contributed by atoms with E-state index < -0.39 is 6.04 Å². The van der Waals surface area contributed by atoms with Crippen LogP contribution in [0.1, 0.15) is 48.9 Å². The molecule has 0 aromatic heterocycles. The topological polar surface area (TPSA) is 67.8 Å². The van der Waals surface area contributed by atoms with E-state index in [1.807, 2.05) is 78.9 Å². The summed E-state index contributed by atoms with van der Waals surface area (Å²) in [6.07, 6.45) is 6.49. The lowest BCUT2D eigenvalue weighted by Crippen LogP contribution is -2.28. The summed E-state index contributed by atoms with van der Waals surface area (Å²) >= 11 is 0. The molecule has 1 unspecified atom stereocenters. The first kappa shape index (κ1) is 25.8. The number of amides is 1. The van der Waals surface area contributed by atoms with E-state index in [0.717, 1.165) is 41.2 Å². The summed E-state index contributed by atoms with van der Waals surface area (Å²) in [6.45, 7) is 2.80. The highest BCUT2D eigenvalue weighted by atomic mass is 16.5. The highest BCUT2D eigenvalue weighted by Gasteiger charge is 2.21. The molecule has 4 rings (SSSR count). The van der Waals surface area contributed by atoms with Gasteiger partial charge in [-0.25, -0.2) is 0 Å². The average Bonchev–Trinajstić information content (AvgIpc) is 2.94. The maximum absolute atomic E-state index is 13.1. The first-order valence-electron chi connectivity index (χ1n) is 12.7. The zero-order valence-corrected chi connectivity index (χ0v) is 21.3. The van der Waals surface area contributed by atoms with Crippen molar-refractivity contribution >= 4 is 22.8 Å². The Hall–Kier alpha value is -4.25. The Bertz CT molecular complexity index is 1360. The fourth-order valence-corrected chi connectivity index (χ4v) is 4.36. The van der Waals surface area contributed by atoms with Crippen LogP contribution in [0.15, 0.2) is 91.0 Å². The second kappa shape index (κ2) is 12.6. The number of phenolic OH excluding ortho intramolecular Hbond substituents is 1. The Kier molecular flexibility index (Phi) is 8.82. The molecule has 1 atom stereocenters. The maximum Gasteiger partial charge on any atom is 0.244 e. The van der Waals surface area contributed by atoms with Gasteiger partial charge in [0, 0.05) is 11.6 Å². The Labute approximate surface area is 218 Å². The second-order valence-corrected chi connectivity index (χ2v) is 8.87. The molecule has 1 amide bonds. The molecule has 4 aromatic rings. The van der Waals surface area contributed by atoms with Gasteiger partial charge in [0.1, 0.15) is 5.75 Å². The fourth-order valence-electron chi connectivity index (χ4n) is 4.36. The van der Waals surface area contributed by atoms with Gasteiger partial charge in [-0.1, -0.05) is 86.5 Å². The molecule has 5 heteroatoms. The molecule has 0 saturated carbocycles. The monoisotopic (exact) mass is 495 g/mol. The van der Waals surface area contributed by atoms with Crippen molar-refractivity contribution in [3.05, 3.63) is 108 Å². The van der Waals surface area contributed by atoms with Gasteiger partial charge in [0.25, 0.3) is 0 Å². The Morgan fingerprint density at radius 2 is 1.73 bits per heavy atom. The number of methoxy groups -OCH3 is 1. The quantitative estimate of drug-likeness (QED) is 0.173. The van der Waals surface area contributed by atoms with Crippen molar-refractivity contribution < 1.29 is 19.4 Å². The van der Waals surface area contributed by atoms with Crippen LogP contribution in [0.2, 0.25) is 0 Å². The standard InChI is InChI=1S/C32H33NO4/c1-3-4-10-21-37-28-19-15-23(22-29(28)36-2)16-20-30(35)33-32(25-12-6-5-7-13-25)31-26-14-9-8-11-24(26)17-18-27(31)34/h5-9,11-20,22,32,34H,3-4,10,21H2,1-2H3,(H,33,35)/b20-16+. The molecule has 0 bridgehead atoms. The van der Waals surface area contributed by atoms with E-state index in [2.05, 4.69) is 12.2 Å². The van der Waals surface area contributed by atoms with E-state index >= 15 is 0 Å². The lowest BCUT2D eigenvalue weighted by Gasteiger charge is -2.22. The van der Waals surface area contributed by atoms with Gasteiger partial charge in [0.05, 0.1) is 19.8 Å². The molecule has 0 spiro atoms. The molecule has 190 valence electrons. The molecular formula is C32H33NO4. The number of carbonyl (C=O) groups is 1. The van der Waals surface area contributed by atoms with Crippen molar-refractivity contribution in [2.24, 2.45) is 0 Å². The highest BCUT2D eigenvalue weighted by Crippen LogP contribution is 2.36. The minimum Gasteiger partial charge on any atom is -0.508 e. The summed E-state index contributed by atoms with van der Waals surface area (Å²) < 4.78 is 11.4. The molecule has 5 nitrogen and oxygen atoms in total. The smallest absolute Gasteiger partial charge is 0.244 e. The van der Waals surface area contributed by atoms with E-state index in [1.54, 1.807) is 19.3 Å². The molecule has 4 aromatic carbocycles. The highest BCUT2D eigenvalue weighted by molar-refractivity contribution is 5.94. The lowest BCUT2D eigenvalue weighted by atomic mass is 9.92. The average molecular weight is 496 g/mol. The number of fused-ring (bicyclic) bond motifs is 1. The van der Waals surface area contributed by atoms with Crippen LogP contribution in [0.3, 0.4) is 0 Å². The van der Waals surface area contributed by atoms with Gasteiger partial charge in [-0.3, -0.25) is 4.79 Å². The number of hydrogen-bond donors (Lipinski definition) is 2. The van der Waals surface area contributed by atoms with Crippen LogP contribution in [0.4, 0.5) is 0 Å². The molecule has 0 radical (unpaired) electrons. The van der Waals surface area contributed by atoms with Gasteiger partial charge in [0.15, 0.2) is 11.5 Å². The first-order valence-corrected chi connectivity index (χ1v) is 12.7. The number of nitrogens with one attached hydrogen (secondary N) is 1. The number of benzene rings is 4. The largest absolute Gasteiger partial charge is 0.508 e. The third kappa shape index (κ3) is 6.50. The van der Waals surface area contributed by atoms with Gasteiger partial charge >= 0.3 is 0 Å². The van der Waals surface area contributed by atoms with Crippen LogP contribution in [0, 0.1) is 0 Å². The van der Waals surface area contributed by atoms with Crippen LogP contribution in [0.25, 0.3) is 16.8 Å². The van der Waals surface area contributed by atoms with Crippen LogP contribution < -0.4 is 14.8 Å². The van der Waals surface area contributed by atoms with E-state index in [0.29, 0.717) is 23.7 Å². The van der Waals surface area contributed by atoms with Crippen molar-refractivity contribution in [2.75, 3.05) is 13.7 Å². The predicted octanol–water partition coefficient (Wildman–Crippen LogP) is 7.04. The summed E-state index contributed by atoms with van der Waals surface area (Å²) in [4.78, 5) is 13.1. The van der Waals surface area contributed by atoms with E-state index in [4.69, 9.17) is 9.47 Å². The second-order valence-electron chi connectivity index (χ2n) is 8.87. The molecule has 0 aliphatic carbocycles. The van der Waals surface area contributed by atoms with Crippen LogP contribution >= 0.6 is 0 Å². The molecule has 0 fully saturated rings. The van der Waals surface area contributed by atoms with Crippen LogP contribution in [-0.2, 0) is 4.79 Å². The summed E-state index contributed by atoms with van der Waals surface area (Å²) in [5.74, 6) is 1.17. The number of unbranched alkanes of at least 4 members (excludes halogenated alkanes) is 2. The van der Waals surface area contributed by atoms with Gasteiger partial charge in [-0.15, -0.1) is 0 Å². The number of rotatable bonds is 11. The number of aromatic hydroxyl groups is 1. The zero-order valence-electron chi connectivity index (χ0n) is 21.3. The molecule has 2 N–H and O–H groups in total. The Balaban J connectivity index is 1.57. The molecule has 0 aliphatic heterocycles. The molecule has 0 saturated heterocycles. The van der Waals surface area contributed by atoms with Crippen molar-refractivity contribution in [2.45, 2.75) is 32.2 Å². The lowest BCUT2D eigenvalue weighted by molar-refractivity contribution is -0.116. The Morgan fingerprint density at radius 3 is 2.51 bits per heavy atom. The fraction of sp³-hybridized carbons (Fsp3) is 0.219. The van der Waals surface area contributed by atoms with Gasteiger partial charge in [0.2, 0.25) is 5.91 Å². The van der Waals surface area contributed by atoms with Gasteiger partial charge in [-0.05, 0) is 52.6 Å². The van der Waals surface area contributed by atoms with Gasteiger partial charge < -0.3 is 19.9 Å². The summed E-state index contributed by atoms with van der Waals surface area (Å²) in [6, 6.07) is 26.1. The Morgan fingerprint density at radius 1 is 0.946 bits per heavy atom. The number of ether oxygens (including phenoxy) is 2. The molecular weight excluding hydrogens is 462 g/mol. The molecule has 37 heavy (non-hydrogen) atoms. The van der Waals surface area contributed by atoms with Crippen LogP contribution in [0.5, 0.6) is 17.2 Å². The van der Waals surface area contributed by atoms with Crippen molar-refractivity contribution in [1.29, 1.82) is 0 Å². The van der Waals surface area contributed by atoms with Crippen molar-refractivity contribution in [3.8, 4) is 17.2 Å². The number of carbonyl (C=O) groups excluding carboxylic acids is 1. The molecule has 0 heterocycles. The number of phenols is 1. The first-order chi connectivity index (χ1) is 18.1. The SMILES string of the molecule is CCCCCOc1ccc(/C=C/C(=O)NC(c2ccccc2)c2c(O)ccc3ccccc23)cc1OC. The minimum atomic E-state index is -0.530. The van der Waals surface area contributed by atoms with E-state index in [-0.39, 0.29) is 11.7 Å². The number of hydrogen-bond acceptors (Lipinski definition) is 4. The summed E-state index contributed by atoms with van der Waals surface area (Å²) in [5.41, 5.74) is 2.36. The predicted molar refractivity (Wildman–Crippen MR) is 149 cm³/mol. The third-order valence-corrected chi connectivity index (χ3v) is 6.28. The molecule has 0 aliphatic rings. The van der Waals surface area contributed by atoms with E-state index in [1.165, 1.54) is 6.08 Å². The van der Waals surface area contributed by atoms with Crippen LogP contribution in [-0.4, -0.2) is 24.7 Å². The van der Waals surface area contributed by atoms with Crippen molar-refractivity contribution in [3.63, 3.8) is 0 Å². The van der Waals surface area contributed by atoms with Crippen molar-refractivity contribution in [1.82, 2.24) is 5.32 Å². The summed E-state index contributed by atoms with van der Waals surface area (Å²) in [7, 11) is 1.61. The van der Waals surface area contributed by atoms with Gasteiger partial charge in [-0.2, -0.15) is 0 Å². The minimum absolute atomic E-state index is 0.135.